The standard InChI is InChI=1S/C11H22N2O4S/c1-11(2)6-9(14)4-5-13(8-11)10(15)7-12-18(3,16)17/h9,12,14H,4-8H2,1-3H3/t9-/m1/s1. The highest BCUT2D eigenvalue weighted by Gasteiger charge is 2.31. The van der Waals surface area contributed by atoms with Crippen LogP contribution >= 0.6 is 0 Å². The van der Waals surface area contributed by atoms with Crippen molar-refractivity contribution in [3.05, 3.63) is 0 Å². The van der Waals surface area contributed by atoms with Gasteiger partial charge in [0.2, 0.25) is 15.9 Å². The summed E-state index contributed by atoms with van der Waals surface area (Å²) >= 11 is 0. The van der Waals surface area contributed by atoms with Gasteiger partial charge in [-0.25, -0.2) is 13.1 Å². The van der Waals surface area contributed by atoms with E-state index in [2.05, 4.69) is 4.72 Å². The van der Waals surface area contributed by atoms with Gasteiger partial charge in [-0.1, -0.05) is 13.8 Å². The molecule has 1 aliphatic rings. The zero-order valence-electron chi connectivity index (χ0n) is 11.1. The van der Waals surface area contributed by atoms with E-state index in [9.17, 15) is 18.3 Å². The summed E-state index contributed by atoms with van der Waals surface area (Å²) in [6, 6.07) is 0. The number of carbonyl (C=O) groups is 1. The predicted molar refractivity (Wildman–Crippen MR) is 68.4 cm³/mol. The number of nitrogens with one attached hydrogen (secondary N) is 1. The molecule has 1 aliphatic heterocycles. The minimum Gasteiger partial charge on any atom is -0.393 e. The van der Waals surface area contributed by atoms with E-state index in [1.165, 1.54) is 0 Å². The van der Waals surface area contributed by atoms with E-state index in [-0.39, 0.29) is 17.9 Å². The highest BCUT2D eigenvalue weighted by atomic mass is 32.2. The van der Waals surface area contributed by atoms with Crippen molar-refractivity contribution < 1.29 is 18.3 Å². The van der Waals surface area contributed by atoms with E-state index in [0.29, 0.717) is 25.9 Å². The van der Waals surface area contributed by atoms with Crippen molar-refractivity contribution in [3.8, 4) is 0 Å². The predicted octanol–water partition coefficient (Wildman–Crippen LogP) is -0.455. The number of hydrogen-bond acceptors (Lipinski definition) is 4. The van der Waals surface area contributed by atoms with Gasteiger partial charge < -0.3 is 10.0 Å². The van der Waals surface area contributed by atoms with E-state index >= 15 is 0 Å². The molecule has 106 valence electrons. The fourth-order valence-electron chi connectivity index (χ4n) is 2.22. The Hall–Kier alpha value is -0.660. The number of aliphatic hydroxyl groups excluding tert-OH is 1. The zero-order chi connectivity index (χ0) is 14.0. The third kappa shape index (κ3) is 5.32. The molecule has 0 unspecified atom stereocenters. The van der Waals surface area contributed by atoms with Gasteiger partial charge in [0.25, 0.3) is 0 Å². The van der Waals surface area contributed by atoms with Crippen molar-refractivity contribution in [2.45, 2.75) is 32.8 Å². The molecule has 1 atom stereocenters. The largest absolute Gasteiger partial charge is 0.393 e. The lowest BCUT2D eigenvalue weighted by Crippen LogP contribution is -2.43. The van der Waals surface area contributed by atoms with E-state index in [1.54, 1.807) is 4.90 Å². The summed E-state index contributed by atoms with van der Waals surface area (Å²) in [7, 11) is -3.35. The maximum Gasteiger partial charge on any atom is 0.237 e. The summed E-state index contributed by atoms with van der Waals surface area (Å²) in [5.74, 6) is -0.248. The molecule has 0 aromatic heterocycles. The summed E-state index contributed by atoms with van der Waals surface area (Å²) in [4.78, 5) is 13.5. The van der Waals surface area contributed by atoms with Crippen LogP contribution in [0.2, 0.25) is 0 Å². The molecule has 1 fully saturated rings. The number of rotatable bonds is 3. The highest BCUT2D eigenvalue weighted by molar-refractivity contribution is 7.88. The number of amides is 1. The lowest BCUT2D eigenvalue weighted by atomic mass is 9.87. The summed E-state index contributed by atoms with van der Waals surface area (Å²) in [5, 5.41) is 9.73. The summed E-state index contributed by atoms with van der Waals surface area (Å²) in [5.41, 5.74) is -0.156. The van der Waals surface area contributed by atoms with E-state index < -0.39 is 16.1 Å². The van der Waals surface area contributed by atoms with Crippen LogP contribution in [0.3, 0.4) is 0 Å². The first-order chi connectivity index (χ1) is 8.09. The van der Waals surface area contributed by atoms with Crippen LogP contribution in [-0.4, -0.2) is 56.3 Å². The molecule has 0 aliphatic carbocycles. The minimum atomic E-state index is -3.35. The van der Waals surface area contributed by atoms with Gasteiger partial charge in [0.05, 0.1) is 18.9 Å². The van der Waals surface area contributed by atoms with Gasteiger partial charge in [0, 0.05) is 13.1 Å². The third-order valence-electron chi connectivity index (χ3n) is 2.98. The molecule has 18 heavy (non-hydrogen) atoms. The lowest BCUT2D eigenvalue weighted by molar-refractivity contribution is -0.131. The Morgan fingerprint density at radius 2 is 2.11 bits per heavy atom. The van der Waals surface area contributed by atoms with Gasteiger partial charge in [0.15, 0.2) is 0 Å². The molecule has 0 aromatic rings. The number of aliphatic hydroxyl groups is 1. The molecule has 0 radical (unpaired) electrons. The maximum absolute atomic E-state index is 11.9. The molecule has 0 aromatic carbocycles. The van der Waals surface area contributed by atoms with Crippen molar-refractivity contribution in [3.63, 3.8) is 0 Å². The molecule has 1 heterocycles. The number of carbonyl (C=O) groups excluding carboxylic acids is 1. The second-order valence-corrected chi connectivity index (χ2v) is 7.55. The Morgan fingerprint density at radius 1 is 1.50 bits per heavy atom. The van der Waals surface area contributed by atoms with Crippen molar-refractivity contribution in [1.29, 1.82) is 0 Å². The normalized spacial score (nSPS) is 24.7. The fourth-order valence-corrected chi connectivity index (χ4v) is 2.61. The van der Waals surface area contributed by atoms with Gasteiger partial charge in [-0.3, -0.25) is 4.79 Å². The average Bonchev–Trinajstić information content (AvgIpc) is 2.31. The smallest absolute Gasteiger partial charge is 0.237 e. The van der Waals surface area contributed by atoms with Crippen LogP contribution in [-0.2, 0) is 14.8 Å². The van der Waals surface area contributed by atoms with Crippen LogP contribution in [0.25, 0.3) is 0 Å². The Bertz CT molecular complexity index is 405. The number of sulfonamides is 1. The van der Waals surface area contributed by atoms with Crippen LogP contribution in [0.1, 0.15) is 26.7 Å². The second-order valence-electron chi connectivity index (χ2n) is 5.72. The second kappa shape index (κ2) is 5.54. The van der Waals surface area contributed by atoms with Crippen molar-refractivity contribution in [1.82, 2.24) is 9.62 Å². The monoisotopic (exact) mass is 278 g/mol. The SMILES string of the molecule is CC1(C)C[C@H](O)CCN(C(=O)CNS(C)(=O)=O)C1. The molecule has 7 heteroatoms. The van der Waals surface area contributed by atoms with Gasteiger partial charge >= 0.3 is 0 Å². The Morgan fingerprint density at radius 3 is 2.67 bits per heavy atom. The third-order valence-corrected chi connectivity index (χ3v) is 3.65. The molecule has 0 spiro atoms. The Labute approximate surface area is 108 Å². The molecule has 1 amide bonds. The van der Waals surface area contributed by atoms with Gasteiger partial charge in [0.1, 0.15) is 0 Å². The van der Waals surface area contributed by atoms with Gasteiger partial charge in [-0.05, 0) is 18.3 Å². The van der Waals surface area contributed by atoms with Gasteiger partial charge in [-0.2, -0.15) is 0 Å². The van der Waals surface area contributed by atoms with Gasteiger partial charge in [-0.15, -0.1) is 0 Å². The van der Waals surface area contributed by atoms with Crippen molar-refractivity contribution in [2.24, 2.45) is 5.41 Å². The number of hydrogen-bond donors (Lipinski definition) is 2. The summed E-state index contributed by atoms with van der Waals surface area (Å²) < 4.78 is 24.1. The molecule has 0 saturated carbocycles. The molecule has 6 nitrogen and oxygen atoms in total. The van der Waals surface area contributed by atoms with Crippen molar-refractivity contribution in [2.75, 3.05) is 25.9 Å². The first kappa shape index (κ1) is 15.4. The quantitative estimate of drug-likeness (QED) is 0.732. The Balaban J connectivity index is 2.62. The average molecular weight is 278 g/mol. The molecular formula is C11H22N2O4S. The molecule has 2 N–H and O–H groups in total. The zero-order valence-corrected chi connectivity index (χ0v) is 12.0. The first-order valence-electron chi connectivity index (χ1n) is 5.99. The lowest BCUT2D eigenvalue weighted by Gasteiger charge is -2.29. The van der Waals surface area contributed by atoms with E-state index in [1.807, 2.05) is 13.8 Å². The fraction of sp³-hybridized carbons (Fsp3) is 0.909. The molecular weight excluding hydrogens is 256 g/mol. The highest BCUT2D eigenvalue weighted by Crippen LogP contribution is 2.28. The van der Waals surface area contributed by atoms with Crippen LogP contribution in [0.4, 0.5) is 0 Å². The summed E-state index contributed by atoms with van der Waals surface area (Å²) in [6.45, 7) is 4.77. The Kier molecular flexibility index (Phi) is 4.74. The molecule has 0 bridgehead atoms. The molecule has 1 saturated heterocycles. The number of nitrogens with zero attached hydrogens (tertiary/aromatic N) is 1. The topological polar surface area (TPSA) is 86.7 Å². The van der Waals surface area contributed by atoms with Crippen LogP contribution in [0.5, 0.6) is 0 Å². The number of likely N-dealkylation sites (tertiary alicyclic amines) is 1. The first-order valence-corrected chi connectivity index (χ1v) is 7.89. The maximum atomic E-state index is 11.9. The van der Waals surface area contributed by atoms with Crippen LogP contribution < -0.4 is 4.72 Å². The van der Waals surface area contributed by atoms with E-state index in [4.69, 9.17) is 0 Å². The van der Waals surface area contributed by atoms with E-state index in [0.717, 1.165) is 6.26 Å². The summed E-state index contributed by atoms with van der Waals surface area (Å²) in [6.07, 6.45) is 1.81. The molecule has 1 rings (SSSR count). The van der Waals surface area contributed by atoms with Crippen molar-refractivity contribution >= 4 is 15.9 Å². The minimum absolute atomic E-state index is 0.156. The van der Waals surface area contributed by atoms with Crippen LogP contribution in [0.15, 0.2) is 0 Å². The van der Waals surface area contributed by atoms with Crippen LogP contribution in [0, 0.1) is 5.41 Å².